The highest BCUT2D eigenvalue weighted by atomic mass is 16.6. The van der Waals surface area contributed by atoms with Gasteiger partial charge in [-0.1, -0.05) is 51.1 Å². The number of piperidine rings is 1. The summed E-state index contributed by atoms with van der Waals surface area (Å²) in [7, 11) is 0. The molecule has 0 bridgehead atoms. The van der Waals surface area contributed by atoms with E-state index < -0.39 is 22.8 Å². The lowest BCUT2D eigenvalue weighted by atomic mass is 9.84. The van der Waals surface area contributed by atoms with Gasteiger partial charge in [0.05, 0.1) is 0 Å². The third-order valence-corrected chi connectivity index (χ3v) is 3.87. The topological polar surface area (TPSA) is 55.4 Å². The first kappa shape index (κ1) is 15.7. The molecule has 4 heteroatoms. The molecule has 1 saturated heterocycles. The van der Waals surface area contributed by atoms with E-state index in [9.17, 15) is 9.59 Å². The van der Waals surface area contributed by atoms with Crippen molar-refractivity contribution in [3.8, 4) is 0 Å². The fourth-order valence-corrected chi connectivity index (χ4v) is 2.55. The quantitative estimate of drug-likeness (QED) is 0.686. The monoisotopic (exact) mass is 289 g/mol. The third kappa shape index (κ3) is 3.50. The molecule has 21 heavy (non-hydrogen) atoms. The molecule has 1 aliphatic heterocycles. The SMILES string of the molecule is CC(C)(C)C(=O)C(=O)OC1(c2ccccc2)CCNCC1. The highest BCUT2D eigenvalue weighted by molar-refractivity contribution is 6.35. The predicted molar refractivity (Wildman–Crippen MR) is 80.8 cm³/mol. The van der Waals surface area contributed by atoms with Crippen LogP contribution in [0.5, 0.6) is 0 Å². The van der Waals surface area contributed by atoms with E-state index in [1.165, 1.54) is 0 Å². The third-order valence-electron chi connectivity index (χ3n) is 3.87. The van der Waals surface area contributed by atoms with Crippen molar-refractivity contribution >= 4 is 11.8 Å². The lowest BCUT2D eigenvalue weighted by Gasteiger charge is -2.37. The molecule has 1 heterocycles. The molecule has 0 atom stereocenters. The summed E-state index contributed by atoms with van der Waals surface area (Å²) in [6, 6.07) is 9.71. The summed E-state index contributed by atoms with van der Waals surface area (Å²) in [5, 5.41) is 3.27. The number of esters is 1. The standard InChI is InChI=1S/C17H23NO3/c1-16(2,3)14(19)15(20)21-17(9-11-18-12-10-17)13-7-5-4-6-8-13/h4-8,18H,9-12H2,1-3H3. The van der Waals surface area contributed by atoms with Crippen molar-refractivity contribution < 1.29 is 14.3 Å². The van der Waals surface area contributed by atoms with Crippen molar-refractivity contribution in [1.29, 1.82) is 0 Å². The molecule has 1 N–H and O–H groups in total. The van der Waals surface area contributed by atoms with Crippen LogP contribution in [0.25, 0.3) is 0 Å². The average molecular weight is 289 g/mol. The molecule has 0 radical (unpaired) electrons. The van der Waals surface area contributed by atoms with Crippen molar-refractivity contribution in [3.05, 3.63) is 35.9 Å². The van der Waals surface area contributed by atoms with E-state index in [4.69, 9.17) is 4.74 Å². The number of carbonyl (C=O) groups is 2. The van der Waals surface area contributed by atoms with E-state index in [0.29, 0.717) is 12.8 Å². The molecule has 0 saturated carbocycles. The molecular formula is C17H23NO3. The van der Waals surface area contributed by atoms with E-state index in [1.807, 2.05) is 30.3 Å². The molecule has 114 valence electrons. The zero-order valence-electron chi connectivity index (χ0n) is 12.9. The molecule has 1 fully saturated rings. The summed E-state index contributed by atoms with van der Waals surface area (Å²) < 4.78 is 5.72. The molecule has 1 aliphatic rings. The van der Waals surface area contributed by atoms with Gasteiger partial charge < -0.3 is 10.1 Å². The summed E-state index contributed by atoms with van der Waals surface area (Å²) in [4.78, 5) is 24.4. The number of nitrogens with one attached hydrogen (secondary N) is 1. The Balaban J connectivity index is 2.26. The van der Waals surface area contributed by atoms with Crippen molar-refractivity contribution in [2.45, 2.75) is 39.2 Å². The van der Waals surface area contributed by atoms with E-state index in [2.05, 4.69) is 5.32 Å². The molecule has 2 rings (SSSR count). The van der Waals surface area contributed by atoms with Crippen molar-refractivity contribution in [2.75, 3.05) is 13.1 Å². The lowest BCUT2D eigenvalue weighted by molar-refractivity contribution is -0.172. The zero-order valence-corrected chi connectivity index (χ0v) is 12.9. The van der Waals surface area contributed by atoms with E-state index in [-0.39, 0.29) is 0 Å². The molecule has 0 spiro atoms. The Morgan fingerprint density at radius 1 is 1.10 bits per heavy atom. The van der Waals surface area contributed by atoms with Gasteiger partial charge in [0.25, 0.3) is 0 Å². The van der Waals surface area contributed by atoms with Crippen LogP contribution in [0.3, 0.4) is 0 Å². The normalized spacial score (nSPS) is 18.0. The number of ether oxygens (including phenoxy) is 1. The number of hydrogen-bond donors (Lipinski definition) is 1. The van der Waals surface area contributed by atoms with Crippen molar-refractivity contribution in [1.82, 2.24) is 5.32 Å². The van der Waals surface area contributed by atoms with Gasteiger partial charge in [-0.2, -0.15) is 0 Å². The minimum Gasteiger partial charge on any atom is -0.448 e. The van der Waals surface area contributed by atoms with E-state index in [1.54, 1.807) is 20.8 Å². The Hall–Kier alpha value is -1.68. The van der Waals surface area contributed by atoms with Crippen LogP contribution in [0.2, 0.25) is 0 Å². The number of carbonyl (C=O) groups excluding carboxylic acids is 2. The summed E-state index contributed by atoms with van der Waals surface area (Å²) in [5.74, 6) is -1.20. The minimum atomic E-state index is -0.728. The van der Waals surface area contributed by atoms with Crippen LogP contribution in [0.4, 0.5) is 0 Å². The molecule has 0 aliphatic carbocycles. The van der Waals surface area contributed by atoms with E-state index in [0.717, 1.165) is 18.7 Å². The molecular weight excluding hydrogens is 266 g/mol. The van der Waals surface area contributed by atoms with Gasteiger partial charge in [-0.25, -0.2) is 4.79 Å². The van der Waals surface area contributed by atoms with Gasteiger partial charge in [-0.05, 0) is 18.7 Å². The van der Waals surface area contributed by atoms with Crippen molar-refractivity contribution in [3.63, 3.8) is 0 Å². The maximum atomic E-state index is 12.2. The Morgan fingerprint density at radius 3 is 2.19 bits per heavy atom. The Bertz CT molecular complexity index is 511. The highest BCUT2D eigenvalue weighted by Crippen LogP contribution is 2.35. The summed E-state index contributed by atoms with van der Waals surface area (Å²) in [6.07, 6.45) is 1.36. The Labute approximate surface area is 125 Å². The van der Waals surface area contributed by atoms with Gasteiger partial charge in [0.15, 0.2) is 0 Å². The highest BCUT2D eigenvalue weighted by Gasteiger charge is 2.41. The Morgan fingerprint density at radius 2 is 1.67 bits per heavy atom. The molecule has 4 nitrogen and oxygen atoms in total. The molecule has 1 aromatic rings. The average Bonchev–Trinajstić information content (AvgIpc) is 2.47. The smallest absolute Gasteiger partial charge is 0.376 e. The first-order valence-electron chi connectivity index (χ1n) is 7.39. The van der Waals surface area contributed by atoms with Crippen LogP contribution in [0.1, 0.15) is 39.2 Å². The van der Waals surface area contributed by atoms with Crippen LogP contribution in [0.15, 0.2) is 30.3 Å². The van der Waals surface area contributed by atoms with Crippen LogP contribution >= 0.6 is 0 Å². The van der Waals surface area contributed by atoms with Crippen LogP contribution < -0.4 is 5.32 Å². The number of ketones is 1. The number of hydrogen-bond acceptors (Lipinski definition) is 4. The van der Waals surface area contributed by atoms with Crippen LogP contribution in [-0.4, -0.2) is 24.8 Å². The molecule has 0 aromatic heterocycles. The number of benzene rings is 1. The van der Waals surface area contributed by atoms with E-state index >= 15 is 0 Å². The maximum absolute atomic E-state index is 12.2. The van der Waals surface area contributed by atoms with Gasteiger partial charge in [0.1, 0.15) is 5.60 Å². The molecule has 0 amide bonds. The first-order valence-corrected chi connectivity index (χ1v) is 7.39. The Kier molecular flexibility index (Phi) is 4.47. The van der Waals surface area contributed by atoms with Gasteiger partial charge in [-0.15, -0.1) is 0 Å². The second-order valence-corrected chi connectivity index (χ2v) is 6.58. The van der Waals surface area contributed by atoms with Crippen LogP contribution in [-0.2, 0) is 19.9 Å². The maximum Gasteiger partial charge on any atom is 0.376 e. The second kappa shape index (κ2) is 5.98. The summed E-state index contributed by atoms with van der Waals surface area (Å²) >= 11 is 0. The lowest BCUT2D eigenvalue weighted by Crippen LogP contribution is -2.45. The second-order valence-electron chi connectivity index (χ2n) is 6.58. The summed E-state index contributed by atoms with van der Waals surface area (Å²) in [6.45, 7) is 6.73. The van der Waals surface area contributed by atoms with Crippen LogP contribution in [0, 0.1) is 5.41 Å². The predicted octanol–water partition coefficient (Wildman–Crippen LogP) is 2.42. The summed E-state index contributed by atoms with van der Waals surface area (Å²) in [5.41, 5.74) is -0.451. The fourth-order valence-electron chi connectivity index (χ4n) is 2.55. The fraction of sp³-hybridized carbons (Fsp3) is 0.529. The zero-order chi connectivity index (χ0) is 15.5. The number of Topliss-reactive ketones (excluding diaryl/α,β-unsaturated/α-hetero) is 1. The van der Waals surface area contributed by atoms with Gasteiger partial charge >= 0.3 is 5.97 Å². The van der Waals surface area contributed by atoms with Gasteiger partial charge in [0, 0.05) is 18.3 Å². The number of rotatable bonds is 3. The molecule has 0 unspecified atom stereocenters. The largest absolute Gasteiger partial charge is 0.448 e. The first-order chi connectivity index (χ1) is 9.85. The molecule has 1 aromatic carbocycles. The van der Waals surface area contributed by atoms with Gasteiger partial charge in [0.2, 0.25) is 5.78 Å². The van der Waals surface area contributed by atoms with Crippen molar-refractivity contribution in [2.24, 2.45) is 5.41 Å². The van der Waals surface area contributed by atoms with Gasteiger partial charge in [-0.3, -0.25) is 4.79 Å². The minimum absolute atomic E-state index is 0.476.